The van der Waals surface area contributed by atoms with E-state index in [0.29, 0.717) is 0 Å². The van der Waals surface area contributed by atoms with E-state index in [4.69, 9.17) is 0 Å². The summed E-state index contributed by atoms with van der Waals surface area (Å²) in [5.41, 5.74) is 0. The summed E-state index contributed by atoms with van der Waals surface area (Å²) in [5, 5.41) is 6.03. The highest BCUT2D eigenvalue weighted by Crippen LogP contribution is 1.99. The first kappa shape index (κ1) is 8.93. The van der Waals surface area contributed by atoms with Crippen LogP contribution in [0.2, 0.25) is 0 Å². The minimum absolute atomic E-state index is 0.867. The van der Waals surface area contributed by atoms with Crippen molar-refractivity contribution in [2.45, 2.75) is 6.42 Å². The summed E-state index contributed by atoms with van der Waals surface area (Å²) >= 11 is 0. The molecule has 0 saturated heterocycles. The molecule has 0 spiro atoms. The molecule has 2 N–H and O–H groups in total. The number of likely N-dealkylation sites (N-methyl/N-ethyl adjacent to an activating group) is 1. The van der Waals surface area contributed by atoms with E-state index in [1.165, 1.54) is 0 Å². The first-order chi connectivity index (χ1) is 5.86. The number of aromatic nitrogens is 2. The third-order valence-corrected chi connectivity index (χ3v) is 1.56. The zero-order chi connectivity index (χ0) is 8.81. The third-order valence-electron chi connectivity index (χ3n) is 1.56. The van der Waals surface area contributed by atoms with Crippen molar-refractivity contribution in [2.24, 2.45) is 0 Å². The lowest BCUT2D eigenvalue weighted by atomic mass is 10.4. The summed E-state index contributed by atoms with van der Waals surface area (Å²) in [6, 6.07) is 1.85. The van der Waals surface area contributed by atoms with Crippen LogP contribution in [0.3, 0.4) is 0 Å². The molecule has 0 aliphatic rings. The van der Waals surface area contributed by atoms with Crippen molar-refractivity contribution in [3.63, 3.8) is 0 Å². The molecular weight excluding hydrogens is 152 g/mol. The minimum Gasteiger partial charge on any atom is -0.373 e. The Morgan fingerprint density at radius 1 is 1.42 bits per heavy atom. The molecule has 0 atom stereocenters. The number of hydrogen-bond acceptors (Lipinski definition) is 4. The molecule has 1 heterocycles. The number of hydrogen-bond donors (Lipinski definition) is 2. The average molecular weight is 166 g/mol. The quantitative estimate of drug-likeness (QED) is 0.674. The summed E-state index contributed by atoms with van der Waals surface area (Å²) in [7, 11) is 3.77. The molecule has 0 aromatic carbocycles. The van der Waals surface area contributed by atoms with Gasteiger partial charge in [0, 0.05) is 26.2 Å². The van der Waals surface area contributed by atoms with Crippen molar-refractivity contribution < 1.29 is 0 Å². The molecule has 12 heavy (non-hydrogen) atoms. The molecule has 0 radical (unpaired) electrons. The summed E-state index contributed by atoms with van der Waals surface area (Å²) in [6.45, 7) is 0.910. The van der Waals surface area contributed by atoms with Gasteiger partial charge in [0.05, 0.1) is 0 Å². The molecule has 0 fully saturated rings. The van der Waals surface area contributed by atoms with Gasteiger partial charge in [-0.25, -0.2) is 9.97 Å². The first-order valence-corrected chi connectivity index (χ1v) is 4.01. The van der Waals surface area contributed by atoms with Crippen molar-refractivity contribution in [3.8, 4) is 0 Å². The fourth-order valence-electron chi connectivity index (χ4n) is 0.896. The summed E-state index contributed by atoms with van der Waals surface area (Å²) in [4.78, 5) is 8.40. The SMILES string of the molecule is CNCCc1nccc(NC)n1. The van der Waals surface area contributed by atoms with Crippen LogP contribution in [0.4, 0.5) is 5.82 Å². The van der Waals surface area contributed by atoms with Crippen molar-refractivity contribution in [1.82, 2.24) is 15.3 Å². The standard InChI is InChI=1S/C8H14N4/c1-9-5-3-8-11-6-4-7(10-2)12-8/h4,6,9H,3,5H2,1-2H3,(H,10,11,12). The Bertz CT molecular complexity index is 236. The molecule has 0 amide bonds. The highest BCUT2D eigenvalue weighted by molar-refractivity contribution is 5.31. The Kier molecular flexibility index (Phi) is 3.47. The van der Waals surface area contributed by atoms with Gasteiger partial charge < -0.3 is 10.6 Å². The molecule has 1 aromatic rings. The molecule has 1 rings (SSSR count). The van der Waals surface area contributed by atoms with Gasteiger partial charge in [-0.05, 0) is 13.1 Å². The third kappa shape index (κ3) is 2.47. The van der Waals surface area contributed by atoms with Crippen molar-refractivity contribution in [3.05, 3.63) is 18.1 Å². The second kappa shape index (κ2) is 4.66. The largest absolute Gasteiger partial charge is 0.373 e. The van der Waals surface area contributed by atoms with Gasteiger partial charge in [-0.15, -0.1) is 0 Å². The Labute approximate surface area is 72.4 Å². The smallest absolute Gasteiger partial charge is 0.131 e. The number of rotatable bonds is 4. The maximum absolute atomic E-state index is 4.27. The predicted octanol–water partition coefficient (Wildman–Crippen LogP) is 0.280. The van der Waals surface area contributed by atoms with Crippen LogP contribution in [0.5, 0.6) is 0 Å². The van der Waals surface area contributed by atoms with Crippen molar-refractivity contribution >= 4 is 5.82 Å². The fraction of sp³-hybridized carbons (Fsp3) is 0.500. The highest BCUT2D eigenvalue weighted by atomic mass is 15.0. The average Bonchev–Trinajstić information content (AvgIpc) is 2.15. The van der Waals surface area contributed by atoms with Gasteiger partial charge in [-0.1, -0.05) is 0 Å². The summed E-state index contributed by atoms with van der Waals surface area (Å²) < 4.78 is 0. The summed E-state index contributed by atoms with van der Waals surface area (Å²) in [5.74, 6) is 1.74. The van der Waals surface area contributed by atoms with E-state index in [0.717, 1.165) is 24.6 Å². The monoisotopic (exact) mass is 166 g/mol. The number of anilines is 1. The van der Waals surface area contributed by atoms with E-state index in [1.54, 1.807) is 6.20 Å². The Balaban J connectivity index is 2.60. The van der Waals surface area contributed by atoms with Gasteiger partial charge in [-0.3, -0.25) is 0 Å². The zero-order valence-corrected chi connectivity index (χ0v) is 7.46. The maximum atomic E-state index is 4.27. The molecule has 0 aliphatic heterocycles. The molecule has 0 bridgehead atoms. The molecule has 4 heteroatoms. The molecule has 66 valence electrons. The molecular formula is C8H14N4. The highest BCUT2D eigenvalue weighted by Gasteiger charge is 1.95. The predicted molar refractivity (Wildman–Crippen MR) is 49.2 cm³/mol. The van der Waals surface area contributed by atoms with Crippen LogP contribution < -0.4 is 10.6 Å². The van der Waals surface area contributed by atoms with Crippen LogP contribution in [0, 0.1) is 0 Å². The Hall–Kier alpha value is -1.16. The molecule has 0 saturated carbocycles. The minimum atomic E-state index is 0.867. The van der Waals surface area contributed by atoms with Crippen molar-refractivity contribution in [2.75, 3.05) is 26.0 Å². The Morgan fingerprint density at radius 3 is 2.92 bits per heavy atom. The van der Waals surface area contributed by atoms with Gasteiger partial charge in [0.2, 0.25) is 0 Å². The van der Waals surface area contributed by atoms with Crippen LogP contribution in [0.1, 0.15) is 5.82 Å². The lowest BCUT2D eigenvalue weighted by molar-refractivity contribution is 0.756. The van der Waals surface area contributed by atoms with E-state index < -0.39 is 0 Å². The normalized spacial score (nSPS) is 9.83. The summed E-state index contributed by atoms with van der Waals surface area (Å²) in [6.07, 6.45) is 2.63. The van der Waals surface area contributed by atoms with E-state index in [-0.39, 0.29) is 0 Å². The van der Waals surface area contributed by atoms with E-state index in [2.05, 4.69) is 20.6 Å². The van der Waals surface area contributed by atoms with Gasteiger partial charge in [0.25, 0.3) is 0 Å². The van der Waals surface area contributed by atoms with Crippen LogP contribution in [0.15, 0.2) is 12.3 Å². The number of nitrogens with one attached hydrogen (secondary N) is 2. The maximum Gasteiger partial charge on any atom is 0.131 e. The lowest BCUT2D eigenvalue weighted by Crippen LogP contribution is -2.12. The van der Waals surface area contributed by atoms with Crippen LogP contribution in [-0.2, 0) is 6.42 Å². The van der Waals surface area contributed by atoms with Gasteiger partial charge >= 0.3 is 0 Å². The molecule has 1 aromatic heterocycles. The van der Waals surface area contributed by atoms with Crippen molar-refractivity contribution in [1.29, 1.82) is 0 Å². The second-order valence-electron chi connectivity index (χ2n) is 2.46. The van der Waals surface area contributed by atoms with E-state index in [9.17, 15) is 0 Å². The van der Waals surface area contributed by atoms with E-state index in [1.807, 2.05) is 20.2 Å². The van der Waals surface area contributed by atoms with E-state index >= 15 is 0 Å². The number of nitrogens with zero attached hydrogens (tertiary/aromatic N) is 2. The van der Waals surface area contributed by atoms with Crippen LogP contribution in [0.25, 0.3) is 0 Å². The van der Waals surface area contributed by atoms with Gasteiger partial charge in [0.15, 0.2) is 0 Å². The fourth-order valence-corrected chi connectivity index (χ4v) is 0.896. The van der Waals surface area contributed by atoms with Crippen LogP contribution in [-0.4, -0.2) is 30.6 Å². The second-order valence-corrected chi connectivity index (χ2v) is 2.46. The Morgan fingerprint density at radius 2 is 2.25 bits per heavy atom. The van der Waals surface area contributed by atoms with Gasteiger partial charge in [-0.2, -0.15) is 0 Å². The lowest BCUT2D eigenvalue weighted by Gasteiger charge is -2.01. The van der Waals surface area contributed by atoms with Gasteiger partial charge in [0.1, 0.15) is 11.6 Å². The zero-order valence-electron chi connectivity index (χ0n) is 7.46. The molecule has 0 unspecified atom stereocenters. The van der Waals surface area contributed by atoms with Crippen LogP contribution >= 0.6 is 0 Å². The first-order valence-electron chi connectivity index (χ1n) is 4.01. The molecule has 0 aliphatic carbocycles. The topological polar surface area (TPSA) is 49.8 Å². The molecule has 4 nitrogen and oxygen atoms in total.